The number of hydrogen-bond donors (Lipinski definition) is 1. The smallest absolute Gasteiger partial charge is 0.227 e. The van der Waals surface area contributed by atoms with Gasteiger partial charge in [0.05, 0.1) is 0 Å². The average Bonchev–Trinajstić information content (AvgIpc) is 3.17. The highest BCUT2D eigenvalue weighted by molar-refractivity contribution is 5.95. The molecule has 0 atom stereocenters. The summed E-state index contributed by atoms with van der Waals surface area (Å²) in [6.45, 7) is 6.69. The molecule has 2 aromatic rings. The molecule has 4 nitrogen and oxygen atoms in total. The lowest BCUT2D eigenvalue weighted by Crippen LogP contribution is -2.25. The van der Waals surface area contributed by atoms with E-state index in [1.165, 1.54) is 16.7 Å². The Bertz CT molecular complexity index is 811. The summed E-state index contributed by atoms with van der Waals surface area (Å²) in [4.78, 5) is 13.7. The third-order valence-corrected chi connectivity index (χ3v) is 5.14. The third kappa shape index (κ3) is 3.47. The Balaban J connectivity index is 1.36. The van der Waals surface area contributed by atoms with Crippen molar-refractivity contribution in [3.05, 3.63) is 59.2 Å². The van der Waals surface area contributed by atoms with Gasteiger partial charge in [-0.2, -0.15) is 0 Å². The maximum absolute atomic E-state index is 11.8. The van der Waals surface area contributed by atoms with Crippen LogP contribution in [-0.2, 0) is 24.3 Å². The molecule has 2 aliphatic heterocycles. The van der Waals surface area contributed by atoms with E-state index in [0.717, 1.165) is 43.9 Å². The molecule has 4 rings (SSSR count). The summed E-state index contributed by atoms with van der Waals surface area (Å²) in [5.41, 5.74) is 4.63. The number of carbonyl (C=O) groups excluding carboxylic acids is 1. The van der Waals surface area contributed by atoms with E-state index in [2.05, 4.69) is 49.5 Å². The molecule has 0 radical (unpaired) electrons. The summed E-state index contributed by atoms with van der Waals surface area (Å²) in [5, 5.41) is 3.51. The first-order valence-electron chi connectivity index (χ1n) is 9.42. The van der Waals surface area contributed by atoms with Crippen LogP contribution >= 0.6 is 0 Å². The van der Waals surface area contributed by atoms with Crippen molar-refractivity contribution in [3.8, 4) is 5.75 Å². The van der Waals surface area contributed by atoms with Crippen LogP contribution in [0.15, 0.2) is 42.5 Å². The number of para-hydroxylation sites is 1. The van der Waals surface area contributed by atoms with Crippen molar-refractivity contribution >= 4 is 11.6 Å². The minimum atomic E-state index is -0.110. The second-order valence-electron chi connectivity index (χ2n) is 7.86. The predicted molar refractivity (Wildman–Crippen MR) is 103 cm³/mol. The largest absolute Gasteiger partial charge is 0.487 e. The van der Waals surface area contributed by atoms with E-state index in [1.807, 2.05) is 17.0 Å². The van der Waals surface area contributed by atoms with Gasteiger partial charge in [0.15, 0.2) is 0 Å². The Morgan fingerprint density at radius 3 is 2.65 bits per heavy atom. The van der Waals surface area contributed by atoms with E-state index < -0.39 is 0 Å². The molecule has 0 bridgehead atoms. The quantitative estimate of drug-likeness (QED) is 0.891. The molecule has 1 N–H and O–H groups in total. The number of ether oxygens (including phenoxy) is 1. The van der Waals surface area contributed by atoms with Crippen LogP contribution in [0.4, 0.5) is 5.69 Å². The van der Waals surface area contributed by atoms with Crippen molar-refractivity contribution in [2.45, 2.75) is 51.8 Å². The molecule has 1 saturated heterocycles. The fourth-order valence-corrected chi connectivity index (χ4v) is 3.87. The molecule has 1 fully saturated rings. The molecule has 0 aromatic heterocycles. The molecule has 2 aliphatic rings. The monoisotopic (exact) mass is 350 g/mol. The van der Waals surface area contributed by atoms with E-state index >= 15 is 0 Å². The second kappa shape index (κ2) is 6.76. The summed E-state index contributed by atoms with van der Waals surface area (Å²) in [7, 11) is 0. The van der Waals surface area contributed by atoms with Crippen molar-refractivity contribution in [2.75, 3.05) is 11.4 Å². The van der Waals surface area contributed by atoms with Gasteiger partial charge in [-0.1, -0.05) is 30.3 Å². The van der Waals surface area contributed by atoms with Gasteiger partial charge >= 0.3 is 0 Å². The van der Waals surface area contributed by atoms with E-state index in [9.17, 15) is 4.79 Å². The van der Waals surface area contributed by atoms with Gasteiger partial charge in [0.25, 0.3) is 0 Å². The fourth-order valence-electron chi connectivity index (χ4n) is 3.87. The molecule has 2 heterocycles. The Morgan fingerprint density at radius 1 is 1.12 bits per heavy atom. The molecule has 4 heteroatoms. The summed E-state index contributed by atoms with van der Waals surface area (Å²) < 4.78 is 6.13. The van der Waals surface area contributed by atoms with Gasteiger partial charge < -0.3 is 15.0 Å². The molecular weight excluding hydrogens is 324 g/mol. The first-order valence-corrected chi connectivity index (χ1v) is 9.42. The highest BCUT2D eigenvalue weighted by atomic mass is 16.5. The van der Waals surface area contributed by atoms with Crippen LogP contribution in [0.2, 0.25) is 0 Å². The van der Waals surface area contributed by atoms with Crippen LogP contribution in [0.25, 0.3) is 0 Å². The Kier molecular flexibility index (Phi) is 4.45. The van der Waals surface area contributed by atoms with Crippen LogP contribution < -0.4 is 15.0 Å². The van der Waals surface area contributed by atoms with Crippen LogP contribution in [0.3, 0.4) is 0 Å². The van der Waals surface area contributed by atoms with E-state index in [1.54, 1.807) is 0 Å². The lowest BCUT2D eigenvalue weighted by molar-refractivity contribution is -0.117. The topological polar surface area (TPSA) is 41.6 Å². The normalized spacial score (nSPS) is 18.1. The number of carbonyl (C=O) groups is 1. The molecule has 0 spiro atoms. The van der Waals surface area contributed by atoms with Crippen LogP contribution in [0, 0.1) is 0 Å². The van der Waals surface area contributed by atoms with Crippen LogP contribution in [0.1, 0.15) is 43.4 Å². The standard InChI is InChI=1S/C22H26N2O2/c1-22(2)13-17-5-3-6-18(21(17)26-22)15-23-14-16-8-10-19(11-9-16)24-12-4-7-20(24)25/h3,5-6,8-11,23H,4,7,12-15H2,1-2H3. The zero-order valence-corrected chi connectivity index (χ0v) is 15.5. The van der Waals surface area contributed by atoms with Gasteiger partial charge in [0.1, 0.15) is 11.4 Å². The van der Waals surface area contributed by atoms with Gasteiger partial charge in [-0.05, 0) is 43.5 Å². The molecule has 0 saturated carbocycles. The number of benzene rings is 2. The lowest BCUT2D eigenvalue weighted by atomic mass is 10.0. The molecule has 0 aliphatic carbocycles. The number of nitrogens with zero attached hydrogens (tertiary/aromatic N) is 1. The highest BCUT2D eigenvalue weighted by Crippen LogP contribution is 2.37. The third-order valence-electron chi connectivity index (χ3n) is 5.14. The SMILES string of the molecule is CC1(C)Cc2cccc(CNCc3ccc(N4CCCC4=O)cc3)c2O1. The maximum atomic E-state index is 11.8. The first-order chi connectivity index (χ1) is 12.5. The van der Waals surface area contributed by atoms with Crippen LogP contribution in [-0.4, -0.2) is 18.1 Å². The fraction of sp³-hybridized carbons (Fsp3) is 0.409. The van der Waals surface area contributed by atoms with Crippen molar-refractivity contribution in [1.82, 2.24) is 5.32 Å². The molecule has 26 heavy (non-hydrogen) atoms. The summed E-state index contributed by atoms with van der Waals surface area (Å²) in [6.07, 6.45) is 2.60. The number of rotatable bonds is 5. The van der Waals surface area contributed by atoms with Crippen molar-refractivity contribution < 1.29 is 9.53 Å². The Hall–Kier alpha value is -2.33. The second-order valence-corrected chi connectivity index (χ2v) is 7.86. The van der Waals surface area contributed by atoms with Gasteiger partial charge in [-0.25, -0.2) is 0 Å². The molecule has 1 amide bonds. The molecule has 2 aromatic carbocycles. The first kappa shape index (κ1) is 17.1. The molecule has 136 valence electrons. The minimum Gasteiger partial charge on any atom is -0.487 e. The van der Waals surface area contributed by atoms with Crippen LogP contribution in [0.5, 0.6) is 5.75 Å². The number of amides is 1. The van der Waals surface area contributed by atoms with Crippen molar-refractivity contribution in [2.24, 2.45) is 0 Å². The zero-order valence-electron chi connectivity index (χ0n) is 15.5. The number of nitrogens with one attached hydrogen (secondary N) is 1. The van der Waals surface area contributed by atoms with E-state index in [4.69, 9.17) is 4.74 Å². The zero-order chi connectivity index (χ0) is 18.1. The van der Waals surface area contributed by atoms with Gasteiger partial charge in [-0.15, -0.1) is 0 Å². The summed E-state index contributed by atoms with van der Waals surface area (Å²) >= 11 is 0. The Labute approximate surface area is 155 Å². The summed E-state index contributed by atoms with van der Waals surface area (Å²) in [5.74, 6) is 1.28. The lowest BCUT2D eigenvalue weighted by Gasteiger charge is -2.18. The van der Waals surface area contributed by atoms with Crippen molar-refractivity contribution in [1.29, 1.82) is 0 Å². The predicted octanol–water partition coefficient (Wildman–Crippen LogP) is 3.82. The average molecular weight is 350 g/mol. The van der Waals surface area contributed by atoms with Gasteiger partial charge in [0.2, 0.25) is 5.91 Å². The van der Waals surface area contributed by atoms with E-state index in [0.29, 0.717) is 6.42 Å². The number of anilines is 1. The van der Waals surface area contributed by atoms with Crippen molar-refractivity contribution in [3.63, 3.8) is 0 Å². The van der Waals surface area contributed by atoms with E-state index in [-0.39, 0.29) is 11.5 Å². The number of hydrogen-bond acceptors (Lipinski definition) is 3. The molecular formula is C22H26N2O2. The van der Waals surface area contributed by atoms with Gasteiger partial charge in [0, 0.05) is 43.7 Å². The number of fused-ring (bicyclic) bond motifs is 1. The minimum absolute atomic E-state index is 0.110. The Morgan fingerprint density at radius 2 is 1.92 bits per heavy atom. The summed E-state index contributed by atoms with van der Waals surface area (Å²) in [6, 6.07) is 14.7. The maximum Gasteiger partial charge on any atom is 0.227 e. The van der Waals surface area contributed by atoms with Gasteiger partial charge in [-0.3, -0.25) is 4.79 Å². The highest BCUT2D eigenvalue weighted by Gasteiger charge is 2.31. The molecule has 0 unspecified atom stereocenters.